The van der Waals surface area contributed by atoms with Gasteiger partial charge in [-0.05, 0) is 66.9 Å². The first-order chi connectivity index (χ1) is 14.0. The highest BCUT2D eigenvalue weighted by atomic mass is 35.5. The van der Waals surface area contributed by atoms with Gasteiger partial charge in [0.25, 0.3) is 0 Å². The van der Waals surface area contributed by atoms with Crippen molar-refractivity contribution >= 4 is 34.8 Å². The predicted octanol–water partition coefficient (Wildman–Crippen LogP) is 6.76. The number of allylic oxidation sites excluding steroid dienone is 1. The van der Waals surface area contributed by atoms with Crippen LogP contribution in [0.1, 0.15) is 38.2 Å². The second-order valence-electron chi connectivity index (χ2n) is 6.61. The summed E-state index contributed by atoms with van der Waals surface area (Å²) in [4.78, 5) is 14.4. The largest absolute Gasteiger partial charge is 0.496 e. The number of hydrogen-bond donors (Lipinski definition) is 0. The van der Waals surface area contributed by atoms with Crippen molar-refractivity contribution in [2.24, 2.45) is 0 Å². The van der Waals surface area contributed by atoms with E-state index in [1.54, 1.807) is 24.5 Å². The average Bonchev–Trinajstić information content (AvgIpc) is 3.21. The fourth-order valence-corrected chi connectivity index (χ4v) is 4.01. The van der Waals surface area contributed by atoms with Gasteiger partial charge in [0, 0.05) is 10.4 Å². The van der Waals surface area contributed by atoms with Gasteiger partial charge in [0.1, 0.15) is 18.1 Å². The molecule has 0 fully saturated rings. The van der Waals surface area contributed by atoms with Gasteiger partial charge in [-0.25, -0.2) is 0 Å². The number of thiophene rings is 1. The molecule has 0 saturated carbocycles. The van der Waals surface area contributed by atoms with Gasteiger partial charge in [-0.3, -0.25) is 4.79 Å². The van der Waals surface area contributed by atoms with Gasteiger partial charge in [0.15, 0.2) is 5.78 Å². The summed E-state index contributed by atoms with van der Waals surface area (Å²) < 4.78 is 11.3. The SMILES string of the molecule is CCc1ccc(C(=O)/C=C/c2ccc(OC)c(COc3ccc(C)cc3Cl)c2)s1. The summed E-state index contributed by atoms with van der Waals surface area (Å²) >= 11 is 7.79. The van der Waals surface area contributed by atoms with Gasteiger partial charge in [-0.2, -0.15) is 0 Å². The molecule has 0 aliphatic carbocycles. The molecule has 1 aromatic heterocycles. The lowest BCUT2D eigenvalue weighted by Crippen LogP contribution is -2.00. The summed E-state index contributed by atoms with van der Waals surface area (Å²) in [5.74, 6) is 1.36. The van der Waals surface area contributed by atoms with Crippen molar-refractivity contribution in [1.82, 2.24) is 0 Å². The molecule has 3 nitrogen and oxygen atoms in total. The van der Waals surface area contributed by atoms with Crippen molar-refractivity contribution in [1.29, 1.82) is 0 Å². The van der Waals surface area contributed by atoms with Crippen LogP contribution in [0, 0.1) is 6.92 Å². The number of methoxy groups -OCH3 is 1. The third kappa shape index (κ3) is 5.49. The summed E-state index contributed by atoms with van der Waals surface area (Å²) in [6.07, 6.45) is 4.36. The zero-order valence-electron chi connectivity index (χ0n) is 16.7. The highest BCUT2D eigenvalue weighted by Crippen LogP contribution is 2.28. The smallest absolute Gasteiger partial charge is 0.195 e. The minimum absolute atomic E-state index is 0.00903. The predicted molar refractivity (Wildman–Crippen MR) is 121 cm³/mol. The maximum absolute atomic E-state index is 12.4. The van der Waals surface area contributed by atoms with Gasteiger partial charge >= 0.3 is 0 Å². The fourth-order valence-electron chi connectivity index (χ4n) is 2.85. The topological polar surface area (TPSA) is 35.5 Å². The van der Waals surface area contributed by atoms with Crippen LogP contribution in [0.25, 0.3) is 6.08 Å². The van der Waals surface area contributed by atoms with Crippen molar-refractivity contribution in [3.05, 3.63) is 86.1 Å². The molecule has 2 aromatic carbocycles. The number of carbonyl (C=O) groups excluding carboxylic acids is 1. The molecule has 0 radical (unpaired) electrons. The van der Waals surface area contributed by atoms with Crippen molar-refractivity contribution in [2.45, 2.75) is 26.9 Å². The van der Waals surface area contributed by atoms with Crippen molar-refractivity contribution in [3.8, 4) is 11.5 Å². The normalized spacial score (nSPS) is 11.0. The first-order valence-corrected chi connectivity index (χ1v) is 10.6. The van der Waals surface area contributed by atoms with Crippen LogP contribution in [-0.2, 0) is 13.0 Å². The lowest BCUT2D eigenvalue weighted by Gasteiger charge is -2.12. The van der Waals surface area contributed by atoms with Crippen molar-refractivity contribution in [2.75, 3.05) is 7.11 Å². The number of benzene rings is 2. The molecule has 0 N–H and O–H groups in total. The van der Waals surface area contributed by atoms with Crippen LogP contribution < -0.4 is 9.47 Å². The first-order valence-electron chi connectivity index (χ1n) is 9.37. The van der Waals surface area contributed by atoms with E-state index >= 15 is 0 Å². The van der Waals surface area contributed by atoms with Crippen LogP contribution in [0.4, 0.5) is 0 Å². The molecule has 29 heavy (non-hydrogen) atoms. The number of carbonyl (C=O) groups is 1. The summed E-state index contributed by atoms with van der Waals surface area (Å²) in [6.45, 7) is 4.38. The van der Waals surface area contributed by atoms with Crippen molar-refractivity contribution in [3.63, 3.8) is 0 Å². The third-order valence-electron chi connectivity index (χ3n) is 4.46. The molecular weight excluding hydrogens is 404 g/mol. The Hall–Kier alpha value is -2.56. The molecule has 150 valence electrons. The average molecular weight is 427 g/mol. The first kappa shape index (κ1) is 21.2. The Morgan fingerprint density at radius 1 is 1.10 bits per heavy atom. The number of ether oxygens (including phenoxy) is 2. The van der Waals surface area contributed by atoms with E-state index in [9.17, 15) is 4.79 Å². The van der Waals surface area contributed by atoms with Crippen LogP contribution in [0.15, 0.2) is 54.6 Å². The molecule has 3 aromatic rings. The molecule has 1 heterocycles. The Kier molecular flexibility index (Phi) is 7.13. The number of halogens is 1. The number of rotatable bonds is 8. The number of hydrogen-bond acceptors (Lipinski definition) is 4. The van der Waals surface area contributed by atoms with Crippen LogP contribution in [0.5, 0.6) is 11.5 Å². The van der Waals surface area contributed by atoms with Crippen LogP contribution >= 0.6 is 22.9 Å². The fraction of sp³-hybridized carbons (Fsp3) is 0.208. The van der Waals surface area contributed by atoms with Gasteiger partial charge < -0.3 is 9.47 Å². The van der Waals surface area contributed by atoms with E-state index in [4.69, 9.17) is 21.1 Å². The molecule has 0 aliphatic rings. The Morgan fingerprint density at radius 3 is 2.59 bits per heavy atom. The Labute approximate surface area is 180 Å². The van der Waals surface area contributed by atoms with E-state index in [0.29, 0.717) is 17.4 Å². The summed E-state index contributed by atoms with van der Waals surface area (Å²) in [7, 11) is 1.62. The monoisotopic (exact) mass is 426 g/mol. The lowest BCUT2D eigenvalue weighted by molar-refractivity contribution is 0.105. The zero-order valence-corrected chi connectivity index (χ0v) is 18.3. The minimum atomic E-state index is 0.00903. The Morgan fingerprint density at radius 2 is 1.90 bits per heavy atom. The molecule has 3 rings (SSSR count). The highest BCUT2D eigenvalue weighted by Gasteiger charge is 2.09. The standard InChI is InChI=1S/C24H23ClO3S/c1-4-19-8-12-24(29-19)21(26)9-6-17-7-11-22(27-3)18(14-17)15-28-23-10-5-16(2)13-20(23)25/h5-14H,4,15H2,1-3H3/b9-6+. The van der Waals surface area contributed by atoms with Crippen molar-refractivity contribution < 1.29 is 14.3 Å². The molecule has 0 atom stereocenters. The molecular formula is C24H23ClO3S. The number of ketones is 1. The van der Waals surface area contributed by atoms with Crippen LogP contribution in [0.2, 0.25) is 5.02 Å². The van der Waals surface area contributed by atoms with E-state index < -0.39 is 0 Å². The van der Waals surface area contributed by atoms with E-state index in [0.717, 1.165) is 33.7 Å². The van der Waals surface area contributed by atoms with E-state index in [1.807, 2.05) is 61.5 Å². The van der Waals surface area contributed by atoms with Crippen LogP contribution in [-0.4, -0.2) is 12.9 Å². The van der Waals surface area contributed by atoms with Gasteiger partial charge in [0.2, 0.25) is 0 Å². The van der Waals surface area contributed by atoms with E-state index in [2.05, 4.69) is 6.92 Å². The second kappa shape index (κ2) is 9.77. The maximum Gasteiger partial charge on any atom is 0.195 e. The molecule has 0 bridgehead atoms. The van der Waals surface area contributed by atoms with Gasteiger partial charge in [-0.1, -0.05) is 36.7 Å². The summed E-state index contributed by atoms with van der Waals surface area (Å²) in [6, 6.07) is 15.3. The lowest BCUT2D eigenvalue weighted by atomic mass is 10.1. The maximum atomic E-state index is 12.4. The second-order valence-corrected chi connectivity index (χ2v) is 8.19. The Balaban J connectivity index is 1.74. The minimum Gasteiger partial charge on any atom is -0.496 e. The third-order valence-corrected chi connectivity index (χ3v) is 5.99. The summed E-state index contributed by atoms with van der Waals surface area (Å²) in [5, 5.41) is 0.577. The molecule has 0 aliphatic heterocycles. The highest BCUT2D eigenvalue weighted by molar-refractivity contribution is 7.14. The molecule has 0 amide bonds. The molecule has 5 heteroatoms. The molecule has 0 unspecified atom stereocenters. The van der Waals surface area contributed by atoms with E-state index in [1.165, 1.54) is 4.88 Å². The molecule has 0 saturated heterocycles. The zero-order chi connectivity index (χ0) is 20.8. The summed E-state index contributed by atoms with van der Waals surface area (Å²) in [5.41, 5.74) is 2.86. The van der Waals surface area contributed by atoms with Gasteiger partial charge in [0.05, 0.1) is 17.0 Å². The Bertz CT molecular complexity index is 1040. The van der Waals surface area contributed by atoms with Gasteiger partial charge in [-0.15, -0.1) is 11.3 Å². The number of aryl methyl sites for hydroxylation is 2. The molecule has 0 spiro atoms. The quantitative estimate of drug-likeness (QED) is 0.295. The van der Waals surface area contributed by atoms with Crippen LogP contribution in [0.3, 0.4) is 0 Å². The van der Waals surface area contributed by atoms with E-state index in [-0.39, 0.29) is 5.78 Å².